The van der Waals surface area contributed by atoms with Gasteiger partial charge in [0, 0.05) is 20.2 Å². The second kappa shape index (κ2) is 8.74. The average Bonchev–Trinajstić information content (AvgIpc) is 2.39. The molecule has 0 bridgehead atoms. The quantitative estimate of drug-likeness (QED) is 0.629. The van der Waals surface area contributed by atoms with Crippen LogP contribution in [0, 0.1) is 0 Å². The van der Waals surface area contributed by atoms with E-state index in [-0.39, 0.29) is 13.2 Å². The van der Waals surface area contributed by atoms with E-state index in [1.165, 1.54) is 0 Å². The molecule has 1 aromatic rings. The molecule has 0 amide bonds. The molecular weight excluding hydrogens is 234 g/mol. The summed E-state index contributed by atoms with van der Waals surface area (Å²) in [4.78, 5) is 1.89. The Kier molecular flexibility index (Phi) is 7.17. The van der Waals surface area contributed by atoms with Crippen LogP contribution < -0.4 is 9.64 Å². The van der Waals surface area contributed by atoms with Crippen molar-refractivity contribution in [3.63, 3.8) is 0 Å². The summed E-state index contributed by atoms with van der Waals surface area (Å²) in [6, 6.07) is 7.57. The zero-order valence-corrected chi connectivity index (χ0v) is 10.7. The van der Waals surface area contributed by atoms with E-state index in [0.717, 1.165) is 11.4 Å². The molecule has 0 saturated carbocycles. The molecule has 0 radical (unpaired) electrons. The van der Waals surface area contributed by atoms with Gasteiger partial charge in [-0.1, -0.05) is 12.1 Å². The summed E-state index contributed by atoms with van der Waals surface area (Å²) >= 11 is 0. The molecule has 102 valence electrons. The van der Waals surface area contributed by atoms with E-state index in [4.69, 9.17) is 19.7 Å². The number of ether oxygens (including phenoxy) is 2. The van der Waals surface area contributed by atoms with Gasteiger partial charge in [-0.05, 0) is 12.1 Å². The van der Waals surface area contributed by atoms with Crippen LogP contribution in [0.15, 0.2) is 24.3 Å². The number of aliphatic hydroxyl groups is 2. The maximum absolute atomic E-state index is 9.05. The standard InChI is InChI=1S/C13H21NO4/c1-17-10-11-18-13-5-3-2-4-12(13)14(6-8-15)7-9-16/h2-5,15-16H,6-11H2,1H3. The monoisotopic (exact) mass is 255 g/mol. The van der Waals surface area contributed by atoms with Crippen LogP contribution >= 0.6 is 0 Å². The second-order valence-electron chi connectivity index (χ2n) is 3.74. The van der Waals surface area contributed by atoms with Gasteiger partial charge in [0.1, 0.15) is 12.4 Å². The lowest BCUT2D eigenvalue weighted by atomic mass is 10.2. The van der Waals surface area contributed by atoms with Crippen LogP contribution in [0.4, 0.5) is 5.69 Å². The van der Waals surface area contributed by atoms with Crippen molar-refractivity contribution in [2.75, 3.05) is 51.5 Å². The van der Waals surface area contributed by atoms with Crippen LogP contribution in [0.25, 0.3) is 0 Å². The third-order valence-corrected chi connectivity index (χ3v) is 2.49. The molecule has 0 aromatic heterocycles. The molecule has 0 aliphatic rings. The van der Waals surface area contributed by atoms with Crippen LogP contribution in [0.1, 0.15) is 0 Å². The molecular formula is C13H21NO4. The van der Waals surface area contributed by atoms with Crippen molar-refractivity contribution in [2.24, 2.45) is 0 Å². The number of benzene rings is 1. The average molecular weight is 255 g/mol. The Balaban J connectivity index is 2.76. The minimum Gasteiger partial charge on any atom is -0.489 e. The van der Waals surface area contributed by atoms with Crippen molar-refractivity contribution in [3.05, 3.63) is 24.3 Å². The third-order valence-electron chi connectivity index (χ3n) is 2.49. The molecule has 0 fully saturated rings. The lowest BCUT2D eigenvalue weighted by Gasteiger charge is -2.25. The predicted molar refractivity (Wildman–Crippen MR) is 70.2 cm³/mol. The highest BCUT2D eigenvalue weighted by molar-refractivity contribution is 5.58. The Labute approximate surface area is 108 Å². The van der Waals surface area contributed by atoms with Gasteiger partial charge in [-0.25, -0.2) is 0 Å². The Morgan fingerprint density at radius 2 is 1.72 bits per heavy atom. The number of para-hydroxylation sites is 2. The van der Waals surface area contributed by atoms with Gasteiger partial charge in [0.25, 0.3) is 0 Å². The van der Waals surface area contributed by atoms with Crippen molar-refractivity contribution in [3.8, 4) is 5.75 Å². The zero-order valence-electron chi connectivity index (χ0n) is 10.7. The summed E-state index contributed by atoms with van der Waals surface area (Å²) < 4.78 is 10.6. The highest BCUT2D eigenvalue weighted by Gasteiger charge is 2.10. The number of hydrogen-bond acceptors (Lipinski definition) is 5. The Hall–Kier alpha value is -1.30. The van der Waals surface area contributed by atoms with Gasteiger partial charge in [0.05, 0.1) is 25.5 Å². The minimum absolute atomic E-state index is 0.0341. The van der Waals surface area contributed by atoms with E-state index in [1.54, 1.807) is 7.11 Å². The highest BCUT2D eigenvalue weighted by Crippen LogP contribution is 2.27. The van der Waals surface area contributed by atoms with Gasteiger partial charge in [-0.3, -0.25) is 0 Å². The van der Waals surface area contributed by atoms with Crippen LogP contribution in [0.5, 0.6) is 5.75 Å². The van der Waals surface area contributed by atoms with E-state index in [9.17, 15) is 0 Å². The molecule has 5 nitrogen and oxygen atoms in total. The first kappa shape index (κ1) is 14.8. The van der Waals surface area contributed by atoms with E-state index >= 15 is 0 Å². The van der Waals surface area contributed by atoms with Crippen LogP contribution in [-0.2, 0) is 4.74 Å². The fourth-order valence-electron chi connectivity index (χ4n) is 1.67. The predicted octanol–water partition coefficient (Wildman–Crippen LogP) is 0.503. The molecule has 0 aliphatic heterocycles. The maximum Gasteiger partial charge on any atom is 0.142 e. The van der Waals surface area contributed by atoms with Crippen molar-refractivity contribution >= 4 is 5.69 Å². The Bertz CT molecular complexity index is 327. The summed E-state index contributed by atoms with van der Waals surface area (Å²) in [6.07, 6.45) is 0. The lowest BCUT2D eigenvalue weighted by molar-refractivity contribution is 0.146. The molecule has 0 aliphatic carbocycles. The molecule has 2 N–H and O–H groups in total. The molecule has 1 rings (SSSR count). The molecule has 0 spiro atoms. The van der Waals surface area contributed by atoms with Crippen LogP contribution in [0.3, 0.4) is 0 Å². The molecule has 0 heterocycles. The van der Waals surface area contributed by atoms with Gasteiger partial charge < -0.3 is 24.6 Å². The minimum atomic E-state index is 0.0341. The fourth-order valence-corrected chi connectivity index (χ4v) is 1.67. The summed E-state index contributed by atoms with van der Waals surface area (Å²) in [6.45, 7) is 1.99. The van der Waals surface area contributed by atoms with Gasteiger partial charge in [0.15, 0.2) is 0 Å². The number of methoxy groups -OCH3 is 1. The summed E-state index contributed by atoms with van der Waals surface area (Å²) in [5, 5.41) is 18.1. The largest absolute Gasteiger partial charge is 0.489 e. The van der Waals surface area contributed by atoms with Gasteiger partial charge in [-0.2, -0.15) is 0 Å². The molecule has 0 saturated heterocycles. The third kappa shape index (κ3) is 4.52. The number of rotatable bonds is 9. The van der Waals surface area contributed by atoms with Gasteiger partial charge >= 0.3 is 0 Å². The number of nitrogens with zero attached hydrogens (tertiary/aromatic N) is 1. The highest BCUT2D eigenvalue weighted by atomic mass is 16.5. The number of aliphatic hydroxyl groups excluding tert-OH is 2. The van der Waals surface area contributed by atoms with Crippen molar-refractivity contribution in [1.82, 2.24) is 0 Å². The molecule has 0 unspecified atom stereocenters. The first-order chi connectivity index (χ1) is 8.83. The van der Waals surface area contributed by atoms with Crippen LogP contribution in [0.2, 0.25) is 0 Å². The number of hydrogen-bond donors (Lipinski definition) is 2. The molecule has 1 aromatic carbocycles. The van der Waals surface area contributed by atoms with E-state index in [2.05, 4.69) is 0 Å². The van der Waals surface area contributed by atoms with E-state index in [1.807, 2.05) is 29.2 Å². The van der Waals surface area contributed by atoms with Gasteiger partial charge in [0.2, 0.25) is 0 Å². The van der Waals surface area contributed by atoms with Crippen molar-refractivity contribution in [1.29, 1.82) is 0 Å². The second-order valence-corrected chi connectivity index (χ2v) is 3.74. The summed E-state index contributed by atoms with van der Waals surface area (Å²) in [5.74, 6) is 0.733. The van der Waals surface area contributed by atoms with Crippen molar-refractivity contribution < 1.29 is 19.7 Å². The normalized spacial score (nSPS) is 10.4. The van der Waals surface area contributed by atoms with E-state index in [0.29, 0.717) is 26.3 Å². The Morgan fingerprint density at radius 3 is 2.33 bits per heavy atom. The molecule has 0 atom stereocenters. The fraction of sp³-hybridized carbons (Fsp3) is 0.538. The van der Waals surface area contributed by atoms with Gasteiger partial charge in [-0.15, -0.1) is 0 Å². The molecule has 18 heavy (non-hydrogen) atoms. The maximum atomic E-state index is 9.05. The SMILES string of the molecule is COCCOc1ccccc1N(CCO)CCO. The Morgan fingerprint density at radius 1 is 1.06 bits per heavy atom. The summed E-state index contributed by atoms with van der Waals surface area (Å²) in [7, 11) is 1.62. The van der Waals surface area contributed by atoms with E-state index < -0.39 is 0 Å². The first-order valence-electron chi connectivity index (χ1n) is 6.01. The van der Waals surface area contributed by atoms with Crippen molar-refractivity contribution in [2.45, 2.75) is 0 Å². The van der Waals surface area contributed by atoms with Crippen LogP contribution in [-0.4, -0.2) is 56.8 Å². The number of anilines is 1. The summed E-state index contributed by atoms with van der Waals surface area (Å²) in [5.41, 5.74) is 0.872. The topological polar surface area (TPSA) is 62.2 Å². The lowest BCUT2D eigenvalue weighted by Crippen LogP contribution is -2.30. The smallest absolute Gasteiger partial charge is 0.142 e. The zero-order chi connectivity index (χ0) is 13.2. The molecule has 5 heteroatoms. The first-order valence-corrected chi connectivity index (χ1v) is 6.01.